The Hall–Kier alpha value is -1.83. The third-order valence-electron chi connectivity index (χ3n) is 4.02. The number of fused-ring (bicyclic) bond motifs is 1. The molecule has 98 valence electrons. The summed E-state index contributed by atoms with van der Waals surface area (Å²) < 4.78 is 2.18. The highest BCUT2D eigenvalue weighted by Crippen LogP contribution is 2.34. The lowest BCUT2D eigenvalue weighted by molar-refractivity contribution is 0.453. The molecule has 1 atom stereocenters. The summed E-state index contributed by atoms with van der Waals surface area (Å²) in [6.07, 6.45) is 3.38. The summed E-state index contributed by atoms with van der Waals surface area (Å²) in [5, 5.41) is 4.71. The molecule has 1 aromatic carbocycles. The first kappa shape index (κ1) is 12.2. The topological polar surface area (TPSA) is 17.8 Å². The second kappa shape index (κ2) is 5.04. The number of aryl methyl sites for hydroxylation is 1. The Labute approximate surface area is 114 Å². The maximum atomic E-state index is 4.71. The van der Waals surface area contributed by atoms with Gasteiger partial charge in [0.2, 0.25) is 0 Å². The zero-order valence-electron chi connectivity index (χ0n) is 11.5. The molecule has 0 saturated carbocycles. The predicted molar refractivity (Wildman–Crippen MR) is 79.1 cm³/mol. The van der Waals surface area contributed by atoms with Gasteiger partial charge in [-0.15, -0.1) is 0 Å². The van der Waals surface area contributed by atoms with Crippen molar-refractivity contribution in [1.29, 1.82) is 0 Å². The Morgan fingerprint density at radius 1 is 1.37 bits per heavy atom. The number of allylic oxidation sites excluding steroid dienone is 1. The smallest absolute Gasteiger partial charge is 0.0879 e. The van der Waals surface area contributed by atoms with Crippen LogP contribution < -0.4 is 0 Å². The van der Waals surface area contributed by atoms with Crippen molar-refractivity contribution in [3.05, 3.63) is 59.9 Å². The predicted octanol–water partition coefficient (Wildman–Crippen LogP) is 4.23. The van der Waals surface area contributed by atoms with Crippen molar-refractivity contribution >= 4 is 5.57 Å². The van der Waals surface area contributed by atoms with Crippen molar-refractivity contribution in [2.75, 3.05) is 0 Å². The van der Waals surface area contributed by atoms with Crippen molar-refractivity contribution in [3.63, 3.8) is 0 Å². The summed E-state index contributed by atoms with van der Waals surface area (Å²) in [4.78, 5) is 0. The summed E-state index contributed by atoms with van der Waals surface area (Å²) >= 11 is 0. The second-order valence-corrected chi connectivity index (χ2v) is 5.24. The molecule has 0 fully saturated rings. The van der Waals surface area contributed by atoms with Crippen LogP contribution in [0.3, 0.4) is 0 Å². The third-order valence-corrected chi connectivity index (χ3v) is 4.02. The number of hydrogen-bond donors (Lipinski definition) is 0. The van der Waals surface area contributed by atoms with E-state index in [1.54, 1.807) is 0 Å². The van der Waals surface area contributed by atoms with Crippen LogP contribution in [0, 0.1) is 0 Å². The van der Waals surface area contributed by atoms with Crippen LogP contribution >= 0.6 is 0 Å². The molecular formula is C17H20N2. The van der Waals surface area contributed by atoms with Crippen LogP contribution in [0.4, 0.5) is 0 Å². The first-order valence-corrected chi connectivity index (χ1v) is 7.10. The first-order valence-electron chi connectivity index (χ1n) is 7.10. The Morgan fingerprint density at radius 3 is 2.89 bits per heavy atom. The van der Waals surface area contributed by atoms with Gasteiger partial charge in [-0.25, -0.2) is 0 Å². The van der Waals surface area contributed by atoms with E-state index in [1.165, 1.54) is 24.1 Å². The minimum Gasteiger partial charge on any atom is -0.268 e. The summed E-state index contributed by atoms with van der Waals surface area (Å²) in [6.45, 7) is 7.28. The molecule has 0 bridgehead atoms. The average Bonchev–Trinajstić information content (AvgIpc) is 2.91. The van der Waals surface area contributed by atoms with Gasteiger partial charge in [-0.1, -0.05) is 43.8 Å². The van der Waals surface area contributed by atoms with Crippen LogP contribution in [0.25, 0.3) is 5.57 Å². The number of nitrogens with zero attached hydrogens (tertiary/aromatic N) is 2. The lowest BCUT2D eigenvalue weighted by Gasteiger charge is -2.23. The van der Waals surface area contributed by atoms with Crippen LogP contribution in [-0.4, -0.2) is 9.78 Å². The van der Waals surface area contributed by atoms with E-state index in [9.17, 15) is 0 Å². The monoisotopic (exact) mass is 252 g/mol. The molecule has 2 heterocycles. The highest BCUT2D eigenvalue weighted by atomic mass is 15.3. The molecule has 2 nitrogen and oxygen atoms in total. The maximum Gasteiger partial charge on any atom is 0.0879 e. The summed E-state index contributed by atoms with van der Waals surface area (Å²) in [6, 6.07) is 13.0. The number of aromatic nitrogens is 2. The molecule has 1 aliphatic rings. The van der Waals surface area contributed by atoms with E-state index < -0.39 is 0 Å². The number of hydrogen-bond acceptors (Lipinski definition) is 1. The minimum atomic E-state index is 0.487. The fourth-order valence-corrected chi connectivity index (χ4v) is 2.86. The van der Waals surface area contributed by atoms with E-state index in [0.717, 1.165) is 24.2 Å². The van der Waals surface area contributed by atoms with Gasteiger partial charge in [-0.3, -0.25) is 4.68 Å². The molecule has 0 spiro atoms. The van der Waals surface area contributed by atoms with Crippen molar-refractivity contribution in [2.45, 2.75) is 38.6 Å². The van der Waals surface area contributed by atoms with Crippen molar-refractivity contribution in [3.8, 4) is 0 Å². The van der Waals surface area contributed by atoms with Gasteiger partial charge in [0, 0.05) is 18.2 Å². The Kier molecular flexibility index (Phi) is 3.24. The second-order valence-electron chi connectivity index (χ2n) is 5.24. The summed E-state index contributed by atoms with van der Waals surface area (Å²) in [5.41, 5.74) is 4.95. The van der Waals surface area contributed by atoms with Gasteiger partial charge >= 0.3 is 0 Å². The van der Waals surface area contributed by atoms with Crippen LogP contribution in [0.15, 0.2) is 43.0 Å². The molecule has 1 aliphatic heterocycles. The van der Waals surface area contributed by atoms with Gasteiger partial charge in [0.15, 0.2) is 0 Å². The van der Waals surface area contributed by atoms with Crippen molar-refractivity contribution in [1.82, 2.24) is 9.78 Å². The average molecular weight is 252 g/mol. The first-order chi connectivity index (χ1) is 9.29. The number of benzene rings is 1. The molecule has 2 aromatic rings. The third kappa shape index (κ3) is 2.23. The molecule has 2 heteroatoms. The SMILES string of the molecule is C=C(CC)c1cc2n(n1)CCCC2c1ccccc1. The fourth-order valence-electron chi connectivity index (χ4n) is 2.86. The van der Waals surface area contributed by atoms with E-state index in [2.05, 4.69) is 54.6 Å². The van der Waals surface area contributed by atoms with E-state index in [1.807, 2.05) is 0 Å². The molecule has 0 saturated heterocycles. The van der Waals surface area contributed by atoms with Crippen LogP contribution in [-0.2, 0) is 6.54 Å². The highest BCUT2D eigenvalue weighted by Gasteiger charge is 2.24. The Bertz CT molecular complexity index is 581. The zero-order chi connectivity index (χ0) is 13.2. The maximum absolute atomic E-state index is 4.71. The molecule has 1 aromatic heterocycles. The van der Waals surface area contributed by atoms with Gasteiger partial charge in [-0.2, -0.15) is 5.10 Å². The molecule has 3 rings (SSSR count). The number of rotatable bonds is 3. The van der Waals surface area contributed by atoms with Crippen LogP contribution in [0.5, 0.6) is 0 Å². The van der Waals surface area contributed by atoms with Crippen molar-refractivity contribution < 1.29 is 0 Å². The standard InChI is InChI=1S/C17H20N2/c1-3-13(2)16-12-17-15(10-7-11-19(17)18-16)14-8-5-4-6-9-14/h4-6,8-9,12,15H,2-3,7,10-11H2,1H3. The molecule has 1 unspecified atom stereocenters. The van der Waals surface area contributed by atoms with E-state index in [0.29, 0.717) is 5.92 Å². The largest absolute Gasteiger partial charge is 0.268 e. The highest BCUT2D eigenvalue weighted by molar-refractivity contribution is 5.60. The van der Waals surface area contributed by atoms with Crippen LogP contribution in [0.2, 0.25) is 0 Å². The lowest BCUT2D eigenvalue weighted by Crippen LogP contribution is -2.16. The molecule has 0 N–H and O–H groups in total. The molecule has 19 heavy (non-hydrogen) atoms. The summed E-state index contributed by atoms with van der Waals surface area (Å²) in [7, 11) is 0. The van der Waals surface area contributed by atoms with Gasteiger partial charge in [0.25, 0.3) is 0 Å². The Balaban J connectivity index is 2.00. The Morgan fingerprint density at radius 2 is 2.16 bits per heavy atom. The summed E-state index contributed by atoms with van der Waals surface area (Å²) in [5.74, 6) is 0.487. The van der Waals surface area contributed by atoms with E-state index in [4.69, 9.17) is 5.10 Å². The van der Waals surface area contributed by atoms with E-state index in [-0.39, 0.29) is 0 Å². The van der Waals surface area contributed by atoms with Gasteiger partial charge in [0.05, 0.1) is 5.69 Å². The quantitative estimate of drug-likeness (QED) is 0.799. The molecule has 0 aliphatic carbocycles. The molecule has 0 radical (unpaired) electrons. The normalized spacial score (nSPS) is 18.1. The minimum absolute atomic E-state index is 0.487. The molecular weight excluding hydrogens is 232 g/mol. The van der Waals surface area contributed by atoms with Crippen LogP contribution in [0.1, 0.15) is 49.1 Å². The molecule has 0 amide bonds. The van der Waals surface area contributed by atoms with Gasteiger partial charge in [0.1, 0.15) is 0 Å². The lowest BCUT2D eigenvalue weighted by atomic mass is 9.88. The van der Waals surface area contributed by atoms with Gasteiger partial charge in [-0.05, 0) is 36.5 Å². The fraction of sp³-hybridized carbons (Fsp3) is 0.353. The van der Waals surface area contributed by atoms with Crippen molar-refractivity contribution in [2.24, 2.45) is 0 Å². The van der Waals surface area contributed by atoms with Gasteiger partial charge < -0.3 is 0 Å². The van der Waals surface area contributed by atoms with E-state index >= 15 is 0 Å². The zero-order valence-corrected chi connectivity index (χ0v) is 11.5.